The van der Waals surface area contributed by atoms with Crippen molar-refractivity contribution in [3.05, 3.63) is 70.8 Å². The fraction of sp³-hybridized carbons (Fsp3) is 0.346. The molecule has 0 spiro atoms. The molecule has 0 aliphatic carbocycles. The van der Waals surface area contributed by atoms with E-state index in [0.717, 1.165) is 16.0 Å². The number of carbonyl (C=O) groups excluding carboxylic acids is 3. The molecule has 0 bridgehead atoms. The summed E-state index contributed by atoms with van der Waals surface area (Å²) >= 11 is 0. The number of aliphatic hydroxyl groups is 1. The lowest BCUT2D eigenvalue weighted by atomic mass is 10.1. The lowest BCUT2D eigenvalue weighted by Crippen LogP contribution is -2.52. The molecule has 1 fully saturated rings. The van der Waals surface area contributed by atoms with Gasteiger partial charge in [-0.1, -0.05) is 24.0 Å². The Bertz CT molecular complexity index is 1250. The molecule has 2 aromatic rings. The molecule has 2 aromatic carbocycles. The molecule has 2 amide bonds. The van der Waals surface area contributed by atoms with E-state index in [1.54, 1.807) is 24.3 Å². The summed E-state index contributed by atoms with van der Waals surface area (Å²) in [6.45, 7) is 0.927. The number of ketones is 1. The molecule has 190 valence electrons. The van der Waals surface area contributed by atoms with Gasteiger partial charge in [0.25, 0.3) is 5.91 Å². The second kappa shape index (κ2) is 11.9. The number of hydrogen-bond donors (Lipinski definition) is 2. The Labute approximate surface area is 211 Å². The number of carbonyl (C=O) groups is 3. The predicted molar refractivity (Wildman–Crippen MR) is 135 cm³/mol. The normalized spacial score (nSPS) is 15.8. The first-order chi connectivity index (χ1) is 17.1. The summed E-state index contributed by atoms with van der Waals surface area (Å²) < 4.78 is 23.1. The number of aliphatic hydroxyl groups excluding tert-OH is 1. The van der Waals surface area contributed by atoms with Crippen LogP contribution in [-0.2, 0) is 26.0 Å². The van der Waals surface area contributed by atoms with Crippen molar-refractivity contribution in [2.24, 2.45) is 0 Å². The Kier molecular flexibility index (Phi) is 8.98. The van der Waals surface area contributed by atoms with Gasteiger partial charge in [0.15, 0.2) is 21.7 Å². The Morgan fingerprint density at radius 3 is 2.03 bits per heavy atom. The standard InChI is InChI=1S/C26H29N3O6S/c1-27-25(32)24(23(31)18-30)28(2)26(33)22-11-9-20(10-12-22)4-3-19-5-7-21(8-6-19)17-29-13-15-36(34,35)16-14-29/h5-12,24,30H,13-18H2,1-2H3,(H,27,32). The zero-order valence-electron chi connectivity index (χ0n) is 20.2. The molecular formula is C26H29N3O6S. The maximum atomic E-state index is 12.8. The van der Waals surface area contributed by atoms with Crippen molar-refractivity contribution in [1.82, 2.24) is 15.1 Å². The van der Waals surface area contributed by atoms with E-state index in [4.69, 9.17) is 5.11 Å². The minimum atomic E-state index is -2.89. The lowest BCUT2D eigenvalue weighted by Gasteiger charge is -2.26. The van der Waals surface area contributed by atoms with Crippen LogP contribution in [0.1, 0.15) is 27.0 Å². The molecule has 2 N–H and O–H groups in total. The van der Waals surface area contributed by atoms with Crippen LogP contribution >= 0.6 is 0 Å². The molecule has 0 aromatic heterocycles. The third kappa shape index (κ3) is 7.01. The summed E-state index contributed by atoms with van der Waals surface area (Å²) in [6.07, 6.45) is 0. The molecule has 0 saturated carbocycles. The van der Waals surface area contributed by atoms with Crippen LogP contribution < -0.4 is 5.32 Å². The number of nitrogens with zero attached hydrogens (tertiary/aromatic N) is 2. The summed E-state index contributed by atoms with van der Waals surface area (Å²) in [5.74, 6) is 4.53. The topological polar surface area (TPSA) is 124 Å². The minimum absolute atomic E-state index is 0.201. The third-order valence-corrected chi connectivity index (χ3v) is 7.55. The van der Waals surface area contributed by atoms with Gasteiger partial charge in [-0.2, -0.15) is 0 Å². The van der Waals surface area contributed by atoms with Gasteiger partial charge >= 0.3 is 0 Å². The lowest BCUT2D eigenvalue weighted by molar-refractivity contribution is -0.135. The smallest absolute Gasteiger partial charge is 0.254 e. The average Bonchev–Trinajstić information content (AvgIpc) is 2.89. The zero-order chi connectivity index (χ0) is 26.3. The first kappa shape index (κ1) is 27.1. The molecular weight excluding hydrogens is 482 g/mol. The van der Waals surface area contributed by atoms with Gasteiger partial charge in [0.05, 0.1) is 11.5 Å². The van der Waals surface area contributed by atoms with Gasteiger partial charge in [-0.3, -0.25) is 19.3 Å². The number of nitrogens with one attached hydrogen (secondary N) is 1. The van der Waals surface area contributed by atoms with Crippen LogP contribution in [0.3, 0.4) is 0 Å². The Morgan fingerprint density at radius 2 is 1.53 bits per heavy atom. The van der Waals surface area contributed by atoms with Crippen molar-refractivity contribution in [3.63, 3.8) is 0 Å². The second-order valence-corrected chi connectivity index (χ2v) is 10.8. The number of likely N-dealkylation sites (N-methyl/N-ethyl adjacent to an activating group) is 2. The molecule has 1 saturated heterocycles. The molecule has 1 unspecified atom stereocenters. The monoisotopic (exact) mass is 511 g/mol. The van der Waals surface area contributed by atoms with Gasteiger partial charge in [0, 0.05) is 50.4 Å². The fourth-order valence-corrected chi connectivity index (χ4v) is 5.06. The van der Waals surface area contributed by atoms with Gasteiger partial charge in [-0.15, -0.1) is 0 Å². The Hall–Kier alpha value is -3.52. The van der Waals surface area contributed by atoms with Crippen LogP contribution in [0.25, 0.3) is 0 Å². The SMILES string of the molecule is CNC(=O)C(C(=O)CO)N(C)C(=O)c1ccc(C#Cc2ccc(CN3CCS(=O)(=O)CC3)cc2)cc1. The summed E-state index contributed by atoms with van der Waals surface area (Å²) in [4.78, 5) is 39.9. The van der Waals surface area contributed by atoms with E-state index >= 15 is 0 Å². The summed E-state index contributed by atoms with van der Waals surface area (Å²) in [6, 6.07) is 12.8. The third-order valence-electron chi connectivity index (χ3n) is 5.94. The number of amides is 2. The number of sulfone groups is 1. The first-order valence-electron chi connectivity index (χ1n) is 11.4. The van der Waals surface area contributed by atoms with Crippen LogP contribution in [-0.4, -0.2) is 92.3 Å². The van der Waals surface area contributed by atoms with E-state index in [1.807, 2.05) is 24.3 Å². The first-order valence-corrected chi connectivity index (χ1v) is 13.2. The molecule has 1 atom stereocenters. The second-order valence-electron chi connectivity index (χ2n) is 8.51. The van der Waals surface area contributed by atoms with Crippen LogP contribution in [0.2, 0.25) is 0 Å². The van der Waals surface area contributed by atoms with E-state index in [0.29, 0.717) is 25.2 Å². The Morgan fingerprint density at radius 1 is 1.00 bits per heavy atom. The molecule has 36 heavy (non-hydrogen) atoms. The van der Waals surface area contributed by atoms with Crippen molar-refractivity contribution in [2.75, 3.05) is 45.3 Å². The fourth-order valence-electron chi connectivity index (χ4n) is 3.78. The molecule has 1 aliphatic heterocycles. The number of hydrogen-bond acceptors (Lipinski definition) is 7. The highest BCUT2D eigenvalue weighted by atomic mass is 32.2. The summed E-state index contributed by atoms with van der Waals surface area (Å²) in [7, 11) is -0.210. The highest BCUT2D eigenvalue weighted by Gasteiger charge is 2.32. The molecule has 10 heteroatoms. The number of benzene rings is 2. The molecule has 1 heterocycles. The van der Waals surface area contributed by atoms with Crippen molar-refractivity contribution in [1.29, 1.82) is 0 Å². The summed E-state index contributed by atoms with van der Waals surface area (Å²) in [5.41, 5.74) is 2.86. The van der Waals surface area contributed by atoms with Crippen molar-refractivity contribution in [2.45, 2.75) is 12.6 Å². The van der Waals surface area contributed by atoms with E-state index in [-0.39, 0.29) is 17.1 Å². The molecule has 3 rings (SSSR count). The highest BCUT2D eigenvalue weighted by Crippen LogP contribution is 2.12. The summed E-state index contributed by atoms with van der Waals surface area (Å²) in [5, 5.41) is 11.5. The van der Waals surface area contributed by atoms with E-state index < -0.39 is 40.1 Å². The minimum Gasteiger partial charge on any atom is -0.388 e. The van der Waals surface area contributed by atoms with Crippen molar-refractivity contribution in [3.8, 4) is 11.8 Å². The van der Waals surface area contributed by atoms with Crippen molar-refractivity contribution >= 4 is 27.4 Å². The quantitative estimate of drug-likeness (QED) is 0.398. The van der Waals surface area contributed by atoms with E-state index in [1.165, 1.54) is 14.1 Å². The molecule has 9 nitrogen and oxygen atoms in total. The van der Waals surface area contributed by atoms with Crippen LogP contribution in [0, 0.1) is 11.8 Å². The predicted octanol–water partition coefficient (Wildman–Crippen LogP) is 0.0648. The maximum Gasteiger partial charge on any atom is 0.254 e. The number of rotatable bonds is 7. The van der Waals surface area contributed by atoms with Gasteiger partial charge in [-0.05, 0) is 42.0 Å². The molecule has 1 aliphatic rings. The Balaban J connectivity index is 1.62. The van der Waals surface area contributed by atoms with Gasteiger partial charge in [0.1, 0.15) is 6.61 Å². The van der Waals surface area contributed by atoms with Gasteiger partial charge in [-0.25, -0.2) is 8.42 Å². The van der Waals surface area contributed by atoms with Crippen LogP contribution in [0.5, 0.6) is 0 Å². The van der Waals surface area contributed by atoms with Crippen molar-refractivity contribution < 1.29 is 27.9 Å². The van der Waals surface area contributed by atoms with Crippen LogP contribution in [0.15, 0.2) is 48.5 Å². The van der Waals surface area contributed by atoms with E-state index in [9.17, 15) is 22.8 Å². The average molecular weight is 512 g/mol. The largest absolute Gasteiger partial charge is 0.388 e. The zero-order valence-corrected chi connectivity index (χ0v) is 21.0. The van der Waals surface area contributed by atoms with Gasteiger partial charge in [0.2, 0.25) is 5.91 Å². The highest BCUT2D eigenvalue weighted by molar-refractivity contribution is 7.91. The van der Waals surface area contributed by atoms with Crippen LogP contribution in [0.4, 0.5) is 0 Å². The maximum absolute atomic E-state index is 12.8. The van der Waals surface area contributed by atoms with E-state index in [2.05, 4.69) is 22.1 Å². The van der Waals surface area contributed by atoms with Gasteiger partial charge < -0.3 is 15.3 Å². The molecule has 0 radical (unpaired) electrons. The number of Topliss-reactive ketones (excluding diaryl/α,β-unsaturated/α-hetero) is 1.